The smallest absolute Gasteiger partial charge is 0.0348 e. The average Bonchev–Trinajstić information content (AvgIpc) is 2.66. The van der Waals surface area contributed by atoms with Gasteiger partial charge in [-0.2, -0.15) is 0 Å². The molecule has 26 heavy (non-hydrogen) atoms. The van der Waals surface area contributed by atoms with Gasteiger partial charge >= 0.3 is 0 Å². The summed E-state index contributed by atoms with van der Waals surface area (Å²) in [5.74, 6) is 0.947. The second kappa shape index (κ2) is 22.8. The van der Waals surface area contributed by atoms with Crippen LogP contribution in [0.5, 0.6) is 0 Å². The van der Waals surface area contributed by atoms with Crippen LogP contribution in [0.1, 0.15) is 135 Å². The Hall–Kier alpha value is -0.260. The van der Waals surface area contributed by atoms with Crippen LogP contribution in [0.3, 0.4) is 0 Å². The Morgan fingerprint density at radius 2 is 1.04 bits per heavy atom. The summed E-state index contributed by atoms with van der Waals surface area (Å²) in [6.07, 6.45) is 32.3. The monoisotopic (exact) mass is 362 g/mol. The quantitative estimate of drug-likeness (QED) is 0.141. The molecule has 0 amide bonds. The van der Waals surface area contributed by atoms with Crippen molar-refractivity contribution in [2.45, 2.75) is 135 Å². The molecular formula is C26H50. The maximum atomic E-state index is 3.91. The lowest BCUT2D eigenvalue weighted by Crippen LogP contribution is -1.98. The predicted octanol–water partition coefficient (Wildman–Crippen LogP) is 9.65. The van der Waals surface area contributed by atoms with Crippen LogP contribution in [0.25, 0.3) is 0 Å². The van der Waals surface area contributed by atoms with Crippen LogP contribution in [0.15, 0.2) is 12.2 Å². The maximum absolute atomic E-state index is 3.91. The van der Waals surface area contributed by atoms with Crippen molar-refractivity contribution in [1.29, 1.82) is 0 Å². The van der Waals surface area contributed by atoms with Crippen LogP contribution >= 0.6 is 0 Å². The minimum absolute atomic E-state index is 0.938. The molecule has 0 fully saturated rings. The molecule has 0 aromatic heterocycles. The zero-order valence-electron chi connectivity index (χ0n) is 18.3. The van der Waals surface area contributed by atoms with E-state index in [4.69, 9.17) is 0 Å². The van der Waals surface area contributed by atoms with Crippen molar-refractivity contribution in [3.05, 3.63) is 26.0 Å². The summed E-state index contributed by atoms with van der Waals surface area (Å²) in [4.78, 5) is 0. The minimum Gasteiger partial charge on any atom is -0.0885 e. The summed E-state index contributed by atoms with van der Waals surface area (Å²) in [5.41, 5.74) is 0. The predicted molar refractivity (Wildman–Crippen MR) is 121 cm³/mol. The highest BCUT2D eigenvalue weighted by Gasteiger charge is 2.04. The van der Waals surface area contributed by atoms with E-state index in [1.54, 1.807) is 0 Å². The molecule has 0 rings (SSSR count). The van der Waals surface area contributed by atoms with Gasteiger partial charge in [-0.05, 0) is 32.1 Å². The summed E-state index contributed by atoms with van der Waals surface area (Å²) < 4.78 is 0. The summed E-state index contributed by atoms with van der Waals surface area (Å²) in [7, 11) is 0. The third kappa shape index (κ3) is 20.1. The van der Waals surface area contributed by atoms with Gasteiger partial charge in [0.15, 0.2) is 0 Å². The number of hydrogen-bond acceptors (Lipinski definition) is 0. The zero-order valence-corrected chi connectivity index (χ0v) is 18.3. The third-order valence-electron chi connectivity index (χ3n) is 5.76. The van der Waals surface area contributed by atoms with Crippen molar-refractivity contribution in [3.63, 3.8) is 0 Å². The molecule has 0 aliphatic carbocycles. The zero-order chi connectivity index (χ0) is 19.1. The second-order valence-corrected chi connectivity index (χ2v) is 8.20. The largest absolute Gasteiger partial charge is 0.0885 e. The van der Waals surface area contributed by atoms with Crippen LogP contribution in [-0.2, 0) is 0 Å². The van der Waals surface area contributed by atoms with Crippen molar-refractivity contribution in [1.82, 2.24) is 0 Å². The summed E-state index contributed by atoms with van der Waals surface area (Å²) in [6.45, 7) is 10.1. The molecule has 0 nitrogen and oxygen atoms in total. The van der Waals surface area contributed by atoms with Gasteiger partial charge in [0, 0.05) is 0 Å². The fourth-order valence-electron chi connectivity index (χ4n) is 3.85. The Morgan fingerprint density at radius 1 is 0.577 bits per heavy atom. The van der Waals surface area contributed by atoms with Crippen molar-refractivity contribution in [2.75, 3.05) is 0 Å². The topological polar surface area (TPSA) is 0 Å². The first-order valence-corrected chi connectivity index (χ1v) is 12.1. The summed E-state index contributed by atoms with van der Waals surface area (Å²) >= 11 is 0. The molecular weight excluding hydrogens is 312 g/mol. The lowest BCUT2D eigenvalue weighted by Gasteiger charge is -2.13. The van der Waals surface area contributed by atoms with Gasteiger partial charge in [-0.15, -0.1) is 0 Å². The summed E-state index contributed by atoms with van der Waals surface area (Å²) in [6, 6.07) is 0. The second-order valence-electron chi connectivity index (χ2n) is 8.20. The van der Waals surface area contributed by atoms with E-state index in [9.17, 15) is 0 Å². The molecule has 0 aromatic carbocycles. The van der Waals surface area contributed by atoms with Gasteiger partial charge < -0.3 is 0 Å². The van der Waals surface area contributed by atoms with Crippen molar-refractivity contribution in [3.8, 4) is 0 Å². The average molecular weight is 363 g/mol. The molecule has 0 bridgehead atoms. The molecule has 0 saturated heterocycles. The van der Waals surface area contributed by atoms with Crippen LogP contribution < -0.4 is 0 Å². The Labute approximate surface area is 167 Å². The molecule has 0 heteroatoms. The van der Waals surface area contributed by atoms with Gasteiger partial charge in [-0.3, -0.25) is 0 Å². The van der Waals surface area contributed by atoms with Gasteiger partial charge in [0.05, 0.1) is 0 Å². The fourth-order valence-corrected chi connectivity index (χ4v) is 3.85. The minimum atomic E-state index is 0.938. The third-order valence-corrected chi connectivity index (χ3v) is 5.76. The van der Waals surface area contributed by atoms with Crippen LogP contribution in [0, 0.1) is 19.8 Å². The van der Waals surface area contributed by atoms with Gasteiger partial charge in [-0.1, -0.05) is 135 Å². The lowest BCUT2D eigenvalue weighted by atomic mass is 9.93. The first kappa shape index (κ1) is 25.7. The Morgan fingerprint density at radius 3 is 1.46 bits per heavy atom. The van der Waals surface area contributed by atoms with Gasteiger partial charge in [0.2, 0.25) is 0 Å². The highest BCUT2D eigenvalue weighted by molar-refractivity contribution is 4.82. The molecule has 2 radical (unpaired) electrons. The van der Waals surface area contributed by atoms with Crippen LogP contribution in [0.4, 0.5) is 0 Å². The van der Waals surface area contributed by atoms with Crippen LogP contribution in [0.2, 0.25) is 0 Å². The molecule has 1 atom stereocenters. The lowest BCUT2D eigenvalue weighted by molar-refractivity contribution is 0.414. The first-order valence-electron chi connectivity index (χ1n) is 12.1. The SMILES string of the molecule is [CH2]C/C=C/CCC(CC)CCCCCCCCCCCCCCCC[CH2]. The fraction of sp³-hybridized carbons (Fsp3) is 0.846. The van der Waals surface area contributed by atoms with Crippen molar-refractivity contribution in [2.24, 2.45) is 5.92 Å². The molecule has 0 aromatic rings. The number of rotatable bonds is 21. The van der Waals surface area contributed by atoms with E-state index in [2.05, 4.69) is 32.9 Å². The van der Waals surface area contributed by atoms with E-state index in [1.165, 1.54) is 116 Å². The number of hydrogen-bond donors (Lipinski definition) is 0. The molecule has 0 aliphatic rings. The van der Waals surface area contributed by atoms with Crippen molar-refractivity contribution < 1.29 is 0 Å². The van der Waals surface area contributed by atoms with Crippen molar-refractivity contribution >= 4 is 0 Å². The summed E-state index contributed by atoms with van der Waals surface area (Å²) in [5, 5.41) is 0. The molecule has 0 aliphatic heterocycles. The van der Waals surface area contributed by atoms with E-state index in [0.29, 0.717) is 0 Å². The van der Waals surface area contributed by atoms with Gasteiger partial charge in [-0.25, -0.2) is 0 Å². The Kier molecular flexibility index (Phi) is 22.6. The van der Waals surface area contributed by atoms with Crippen LogP contribution in [-0.4, -0.2) is 0 Å². The molecule has 0 spiro atoms. The van der Waals surface area contributed by atoms with E-state index >= 15 is 0 Å². The van der Waals surface area contributed by atoms with Gasteiger partial charge in [0.1, 0.15) is 0 Å². The number of allylic oxidation sites excluding steroid dienone is 2. The molecule has 0 saturated carbocycles. The van der Waals surface area contributed by atoms with E-state index in [0.717, 1.165) is 18.8 Å². The first-order chi connectivity index (χ1) is 12.8. The number of unbranched alkanes of at least 4 members (excludes halogenated alkanes) is 14. The van der Waals surface area contributed by atoms with E-state index < -0.39 is 0 Å². The molecule has 0 heterocycles. The standard InChI is InChI=1S/C26H50/c1-4-7-9-11-12-13-14-15-16-17-18-19-20-21-23-25-26(6-3)24-22-10-8-5-2/h8,10,26H,1-2,4-7,9,11-25H2,3H3/b10-8+. The maximum Gasteiger partial charge on any atom is -0.0348 e. The van der Waals surface area contributed by atoms with Gasteiger partial charge in [0.25, 0.3) is 0 Å². The normalized spacial score (nSPS) is 12.9. The van der Waals surface area contributed by atoms with E-state index in [1.807, 2.05) is 0 Å². The molecule has 154 valence electrons. The highest BCUT2D eigenvalue weighted by Crippen LogP contribution is 2.20. The highest BCUT2D eigenvalue weighted by atomic mass is 14.1. The molecule has 0 N–H and O–H groups in total. The Bertz CT molecular complexity index is 265. The Balaban J connectivity index is 3.21. The van der Waals surface area contributed by atoms with E-state index in [-0.39, 0.29) is 0 Å². The molecule has 1 unspecified atom stereocenters.